The van der Waals surface area contributed by atoms with Crippen LogP contribution in [0.1, 0.15) is 48.4 Å². The molecule has 5 atom stereocenters. The van der Waals surface area contributed by atoms with Crippen molar-refractivity contribution in [2.75, 3.05) is 6.61 Å². The lowest BCUT2D eigenvalue weighted by atomic mass is 9.94. The quantitative estimate of drug-likeness (QED) is 0.291. The molecule has 12 nitrogen and oxygen atoms in total. The number of hydrogen-bond donors (Lipinski definition) is 0. The van der Waals surface area contributed by atoms with Gasteiger partial charge in [0.05, 0.1) is 21.2 Å². The number of rotatable bonds is 6. The van der Waals surface area contributed by atoms with Gasteiger partial charge < -0.3 is 23.7 Å². The lowest BCUT2D eigenvalue weighted by Crippen LogP contribution is -2.67. The summed E-state index contributed by atoms with van der Waals surface area (Å²) in [6.45, 7) is 3.77. The molecule has 194 valence electrons. The summed E-state index contributed by atoms with van der Waals surface area (Å²) in [4.78, 5) is 74.6. The number of fused-ring (bicyclic) bond motifs is 1. The minimum atomic E-state index is -1.70. The van der Waals surface area contributed by atoms with Gasteiger partial charge in [0.2, 0.25) is 6.29 Å². The Morgan fingerprint density at radius 1 is 0.806 bits per heavy atom. The van der Waals surface area contributed by atoms with Crippen molar-refractivity contribution in [1.29, 1.82) is 0 Å². The molecule has 1 fully saturated rings. The van der Waals surface area contributed by atoms with E-state index in [2.05, 4.69) is 0 Å². The molecule has 2 heterocycles. The first-order chi connectivity index (χ1) is 16.8. The molecule has 14 heteroatoms. The van der Waals surface area contributed by atoms with Gasteiger partial charge in [-0.2, -0.15) is 0 Å². The molecular weight excluding hydrogens is 525 g/mol. The van der Waals surface area contributed by atoms with Crippen molar-refractivity contribution in [3.63, 3.8) is 0 Å². The van der Waals surface area contributed by atoms with Gasteiger partial charge in [-0.3, -0.25) is 33.7 Å². The van der Waals surface area contributed by atoms with Gasteiger partial charge in [0.1, 0.15) is 18.8 Å². The van der Waals surface area contributed by atoms with Crippen molar-refractivity contribution < 1.29 is 52.5 Å². The second-order valence-electron chi connectivity index (χ2n) is 7.89. The van der Waals surface area contributed by atoms with Gasteiger partial charge in [-0.15, -0.1) is 0 Å². The van der Waals surface area contributed by atoms with Crippen molar-refractivity contribution in [3.05, 3.63) is 33.3 Å². The third-order valence-electron chi connectivity index (χ3n) is 5.21. The van der Waals surface area contributed by atoms with Crippen LogP contribution in [0.4, 0.5) is 0 Å². The molecule has 0 saturated carbocycles. The molecule has 3 rings (SSSR count). The third-order valence-corrected chi connectivity index (χ3v) is 5.93. The second-order valence-corrected chi connectivity index (χ2v) is 8.70. The van der Waals surface area contributed by atoms with E-state index in [0.29, 0.717) is 4.90 Å². The maximum Gasteiger partial charge on any atom is 0.305 e. The zero-order valence-corrected chi connectivity index (χ0v) is 21.0. The molecule has 2 aliphatic rings. The van der Waals surface area contributed by atoms with Gasteiger partial charge in [0.15, 0.2) is 12.2 Å². The van der Waals surface area contributed by atoms with E-state index in [0.717, 1.165) is 27.7 Å². The molecule has 5 unspecified atom stereocenters. The number of esters is 4. The van der Waals surface area contributed by atoms with Crippen LogP contribution in [0.5, 0.6) is 0 Å². The minimum absolute atomic E-state index is 0.00520. The standard InChI is InChI=1S/C22H21Cl2NO11/c1-8(26)32-7-16-18(33-9(2)27)19(34-10(3)28)17(22(36-16)35-11(4)29)25-20(30)12-5-14(23)15(24)6-13(12)21(25)31/h5-6,16-19,22H,7H2,1-4H3. The Labute approximate surface area is 214 Å². The van der Waals surface area contributed by atoms with E-state index in [1.54, 1.807) is 0 Å². The Bertz CT molecular complexity index is 1100. The van der Waals surface area contributed by atoms with Crippen LogP contribution in [0.2, 0.25) is 10.0 Å². The van der Waals surface area contributed by atoms with E-state index in [1.165, 1.54) is 12.1 Å². The highest BCUT2D eigenvalue weighted by molar-refractivity contribution is 6.43. The van der Waals surface area contributed by atoms with Crippen LogP contribution in [0, 0.1) is 0 Å². The summed E-state index contributed by atoms with van der Waals surface area (Å²) in [5.41, 5.74) is -0.216. The fourth-order valence-corrected chi connectivity index (χ4v) is 4.27. The Morgan fingerprint density at radius 2 is 1.28 bits per heavy atom. The van der Waals surface area contributed by atoms with Crippen LogP contribution in [0.3, 0.4) is 0 Å². The van der Waals surface area contributed by atoms with E-state index in [-0.39, 0.29) is 21.2 Å². The highest BCUT2D eigenvalue weighted by Crippen LogP contribution is 2.37. The molecule has 0 radical (unpaired) electrons. The van der Waals surface area contributed by atoms with Gasteiger partial charge in [0.25, 0.3) is 11.8 Å². The summed E-state index contributed by atoms with van der Waals surface area (Å²) in [7, 11) is 0. The van der Waals surface area contributed by atoms with E-state index in [1.807, 2.05) is 0 Å². The topological polar surface area (TPSA) is 152 Å². The molecule has 0 aromatic heterocycles. The molecule has 1 aromatic rings. The normalized spacial score (nSPS) is 25.2. The molecule has 1 aromatic carbocycles. The lowest BCUT2D eigenvalue weighted by Gasteiger charge is -2.46. The van der Waals surface area contributed by atoms with E-state index >= 15 is 0 Å². The van der Waals surface area contributed by atoms with Crippen LogP contribution in [0.15, 0.2) is 12.1 Å². The van der Waals surface area contributed by atoms with Crippen molar-refractivity contribution in [2.45, 2.75) is 58.3 Å². The average Bonchev–Trinajstić information content (AvgIpc) is 2.98. The summed E-state index contributed by atoms with van der Waals surface area (Å²) >= 11 is 12.0. The predicted molar refractivity (Wildman–Crippen MR) is 119 cm³/mol. The van der Waals surface area contributed by atoms with Crippen LogP contribution >= 0.6 is 23.2 Å². The molecule has 36 heavy (non-hydrogen) atoms. The Morgan fingerprint density at radius 3 is 1.72 bits per heavy atom. The van der Waals surface area contributed by atoms with Gasteiger partial charge in [-0.05, 0) is 12.1 Å². The smallest absolute Gasteiger partial charge is 0.305 e. The van der Waals surface area contributed by atoms with Crippen molar-refractivity contribution in [1.82, 2.24) is 4.90 Å². The third kappa shape index (κ3) is 5.61. The molecule has 2 amide bonds. The van der Waals surface area contributed by atoms with Gasteiger partial charge >= 0.3 is 23.9 Å². The summed E-state index contributed by atoms with van der Waals surface area (Å²) in [6.07, 6.45) is -6.06. The van der Waals surface area contributed by atoms with Crippen molar-refractivity contribution in [3.8, 4) is 0 Å². The summed E-state index contributed by atoms with van der Waals surface area (Å²) in [6, 6.07) is 0.774. The second kappa shape index (κ2) is 10.8. The van der Waals surface area contributed by atoms with E-state index < -0.39 is 72.9 Å². The molecule has 0 bridgehead atoms. The minimum Gasteiger partial charge on any atom is -0.463 e. The number of imide groups is 1. The SMILES string of the molecule is CC(=O)OCC1OC(OC(C)=O)C(N2C(=O)c3cc(Cl)c(Cl)cc3C2=O)C(OC(C)=O)C1OC(C)=O. The zero-order valence-electron chi connectivity index (χ0n) is 19.4. The molecule has 0 aliphatic carbocycles. The number of carbonyl (C=O) groups is 6. The predicted octanol–water partition coefficient (Wildman–Crippen LogP) is 1.67. The Hall–Kier alpha value is -3.22. The maximum absolute atomic E-state index is 13.3. The number of carbonyl (C=O) groups excluding carboxylic acids is 6. The molecule has 0 spiro atoms. The maximum atomic E-state index is 13.3. The van der Waals surface area contributed by atoms with Gasteiger partial charge in [-0.25, -0.2) is 0 Å². The van der Waals surface area contributed by atoms with E-state index in [4.69, 9.17) is 46.9 Å². The van der Waals surface area contributed by atoms with Crippen molar-refractivity contribution in [2.24, 2.45) is 0 Å². The number of ether oxygens (including phenoxy) is 5. The summed E-state index contributed by atoms with van der Waals surface area (Å²) < 4.78 is 26.7. The van der Waals surface area contributed by atoms with Crippen LogP contribution in [0.25, 0.3) is 0 Å². The Kier molecular flexibility index (Phi) is 8.22. The fraction of sp³-hybridized carbons (Fsp3) is 0.455. The number of halogens is 2. The van der Waals surface area contributed by atoms with Gasteiger partial charge in [-0.1, -0.05) is 23.2 Å². The molecule has 0 N–H and O–H groups in total. The first-order valence-corrected chi connectivity index (χ1v) is 11.2. The lowest BCUT2D eigenvalue weighted by molar-refractivity contribution is -0.278. The monoisotopic (exact) mass is 545 g/mol. The Balaban J connectivity index is 2.14. The number of hydrogen-bond acceptors (Lipinski definition) is 11. The van der Waals surface area contributed by atoms with Crippen molar-refractivity contribution >= 4 is 58.9 Å². The van der Waals surface area contributed by atoms with Crippen LogP contribution < -0.4 is 0 Å². The van der Waals surface area contributed by atoms with Gasteiger partial charge in [0, 0.05) is 27.7 Å². The number of benzene rings is 1. The highest BCUT2D eigenvalue weighted by atomic mass is 35.5. The number of nitrogens with zero attached hydrogens (tertiary/aromatic N) is 1. The summed E-state index contributed by atoms with van der Waals surface area (Å²) in [5, 5.41) is 0.0104. The molecule has 2 aliphatic heterocycles. The first kappa shape index (κ1) is 27.4. The van der Waals surface area contributed by atoms with E-state index in [9.17, 15) is 28.8 Å². The van der Waals surface area contributed by atoms with Crippen LogP contribution in [-0.2, 0) is 42.9 Å². The average molecular weight is 546 g/mol. The summed E-state index contributed by atoms with van der Waals surface area (Å²) in [5.74, 6) is -5.04. The number of amides is 2. The van der Waals surface area contributed by atoms with Crippen LogP contribution in [-0.4, -0.2) is 77.8 Å². The highest BCUT2D eigenvalue weighted by Gasteiger charge is 2.58. The fourth-order valence-electron chi connectivity index (χ4n) is 3.94. The zero-order chi connectivity index (χ0) is 26.9. The molecular formula is C22H21Cl2NO11. The largest absolute Gasteiger partial charge is 0.463 e. The molecule has 1 saturated heterocycles. The first-order valence-electron chi connectivity index (χ1n) is 10.5.